The van der Waals surface area contributed by atoms with Gasteiger partial charge in [-0.2, -0.15) is 0 Å². The maximum Gasteiger partial charge on any atom is 0.224 e. The molecule has 0 bridgehead atoms. The Balaban J connectivity index is 1.45. The van der Waals surface area contributed by atoms with Gasteiger partial charge in [0.1, 0.15) is 5.82 Å². The second kappa shape index (κ2) is 6.07. The first kappa shape index (κ1) is 14.9. The molecular formula is C19H20N4O. The summed E-state index contributed by atoms with van der Waals surface area (Å²) in [5, 5.41) is 2.94. The van der Waals surface area contributed by atoms with Gasteiger partial charge >= 0.3 is 0 Å². The molecule has 0 atom stereocenters. The Kier molecular flexibility index (Phi) is 3.76. The molecule has 1 amide bonds. The molecule has 0 saturated heterocycles. The van der Waals surface area contributed by atoms with Crippen molar-refractivity contribution in [2.24, 2.45) is 7.05 Å². The largest absolute Gasteiger partial charge is 0.352 e. The Labute approximate surface area is 140 Å². The number of carbonyl (C=O) groups is 1. The van der Waals surface area contributed by atoms with Crippen LogP contribution in [0, 0.1) is 0 Å². The van der Waals surface area contributed by atoms with Gasteiger partial charge in [0.15, 0.2) is 0 Å². The van der Waals surface area contributed by atoms with Crippen molar-refractivity contribution in [3.63, 3.8) is 0 Å². The van der Waals surface area contributed by atoms with Gasteiger partial charge in [0.05, 0.1) is 17.5 Å². The Hall–Kier alpha value is -2.69. The van der Waals surface area contributed by atoms with Crippen molar-refractivity contribution in [3.8, 4) is 0 Å². The normalized spacial score (nSPS) is 14.0. The number of aromatic nitrogens is 3. The fraction of sp³-hybridized carbons (Fsp3) is 0.316. The topological polar surface area (TPSA) is 59.8 Å². The first-order chi connectivity index (χ1) is 11.7. The van der Waals surface area contributed by atoms with E-state index < -0.39 is 0 Å². The highest BCUT2D eigenvalue weighted by Crippen LogP contribution is 2.40. The second-order valence-corrected chi connectivity index (χ2v) is 6.44. The van der Waals surface area contributed by atoms with Crippen molar-refractivity contribution in [2.45, 2.75) is 31.7 Å². The van der Waals surface area contributed by atoms with E-state index in [0.29, 0.717) is 18.9 Å². The molecule has 0 spiro atoms. The zero-order valence-corrected chi connectivity index (χ0v) is 13.7. The Bertz CT molecular complexity index is 881. The molecule has 3 aromatic rings. The van der Waals surface area contributed by atoms with Gasteiger partial charge in [0.2, 0.25) is 5.91 Å². The molecule has 1 fully saturated rings. The molecule has 0 radical (unpaired) electrons. The number of benzene rings is 1. The van der Waals surface area contributed by atoms with Crippen molar-refractivity contribution >= 4 is 16.9 Å². The van der Waals surface area contributed by atoms with Crippen LogP contribution < -0.4 is 5.32 Å². The molecule has 5 heteroatoms. The van der Waals surface area contributed by atoms with Gasteiger partial charge in [-0.25, -0.2) is 4.98 Å². The third kappa shape index (κ3) is 3.02. The van der Waals surface area contributed by atoms with Crippen LogP contribution in [-0.2, 0) is 24.8 Å². The smallest absolute Gasteiger partial charge is 0.224 e. The SMILES string of the molecule is Cn1c(C2CC2)nc2cc(CC(=O)NCc3cccnc3)ccc21. The number of carbonyl (C=O) groups excluding carboxylic acids is 1. The van der Waals surface area contributed by atoms with Crippen LogP contribution >= 0.6 is 0 Å². The molecule has 1 aromatic carbocycles. The third-order valence-electron chi connectivity index (χ3n) is 4.50. The number of nitrogens with one attached hydrogen (secondary N) is 1. The standard InChI is InChI=1S/C19H20N4O/c1-23-17-7-4-13(9-16(17)22-19(23)15-5-6-15)10-18(24)21-12-14-3-2-8-20-11-14/h2-4,7-9,11,15H,5-6,10,12H2,1H3,(H,21,24). The predicted molar refractivity (Wildman–Crippen MR) is 92.5 cm³/mol. The molecule has 2 aromatic heterocycles. The number of pyridine rings is 1. The Morgan fingerprint density at radius 3 is 2.92 bits per heavy atom. The van der Waals surface area contributed by atoms with Crippen molar-refractivity contribution in [1.29, 1.82) is 0 Å². The van der Waals surface area contributed by atoms with Crippen molar-refractivity contribution in [3.05, 3.63) is 59.7 Å². The minimum Gasteiger partial charge on any atom is -0.352 e. The molecule has 2 heterocycles. The minimum absolute atomic E-state index is 0.0107. The van der Waals surface area contributed by atoms with Gasteiger partial charge in [-0.1, -0.05) is 12.1 Å². The van der Waals surface area contributed by atoms with E-state index in [1.54, 1.807) is 12.4 Å². The first-order valence-electron chi connectivity index (χ1n) is 8.31. The van der Waals surface area contributed by atoms with E-state index >= 15 is 0 Å². The summed E-state index contributed by atoms with van der Waals surface area (Å²) in [6, 6.07) is 9.94. The summed E-state index contributed by atoms with van der Waals surface area (Å²) in [5.41, 5.74) is 4.11. The molecule has 24 heavy (non-hydrogen) atoms. The van der Waals surface area contributed by atoms with Gasteiger partial charge < -0.3 is 9.88 Å². The highest BCUT2D eigenvalue weighted by Gasteiger charge is 2.28. The number of rotatable bonds is 5. The maximum atomic E-state index is 12.2. The number of amides is 1. The van der Waals surface area contributed by atoms with Crippen LogP contribution in [0.15, 0.2) is 42.7 Å². The van der Waals surface area contributed by atoms with Gasteiger partial charge in [0, 0.05) is 31.9 Å². The van der Waals surface area contributed by atoms with Crippen LogP contribution in [0.3, 0.4) is 0 Å². The second-order valence-electron chi connectivity index (χ2n) is 6.44. The summed E-state index contributed by atoms with van der Waals surface area (Å²) in [5.74, 6) is 1.80. The zero-order valence-electron chi connectivity index (χ0n) is 13.7. The van der Waals surface area contributed by atoms with E-state index in [0.717, 1.165) is 22.2 Å². The van der Waals surface area contributed by atoms with Crippen LogP contribution in [-0.4, -0.2) is 20.4 Å². The summed E-state index contributed by atoms with van der Waals surface area (Å²) in [7, 11) is 2.07. The number of imidazole rings is 1. The maximum absolute atomic E-state index is 12.2. The number of aryl methyl sites for hydroxylation is 1. The average Bonchev–Trinajstić information content (AvgIpc) is 3.39. The van der Waals surface area contributed by atoms with E-state index in [9.17, 15) is 4.79 Å². The number of fused-ring (bicyclic) bond motifs is 1. The highest BCUT2D eigenvalue weighted by molar-refractivity contribution is 5.82. The quantitative estimate of drug-likeness (QED) is 0.786. The summed E-state index contributed by atoms with van der Waals surface area (Å²) >= 11 is 0. The average molecular weight is 320 g/mol. The molecule has 0 unspecified atom stereocenters. The summed E-state index contributed by atoms with van der Waals surface area (Å²) in [4.78, 5) is 21.0. The van der Waals surface area contributed by atoms with Crippen LogP contribution in [0.5, 0.6) is 0 Å². The molecule has 1 N–H and O–H groups in total. The van der Waals surface area contributed by atoms with Crippen molar-refractivity contribution < 1.29 is 4.79 Å². The summed E-state index contributed by atoms with van der Waals surface area (Å²) < 4.78 is 2.18. The van der Waals surface area contributed by atoms with Crippen LogP contribution in [0.2, 0.25) is 0 Å². The minimum atomic E-state index is 0.0107. The lowest BCUT2D eigenvalue weighted by Gasteiger charge is -2.05. The van der Waals surface area contributed by atoms with Gasteiger partial charge in [-0.15, -0.1) is 0 Å². The first-order valence-corrected chi connectivity index (χ1v) is 8.31. The van der Waals surface area contributed by atoms with E-state index in [1.165, 1.54) is 18.7 Å². The zero-order chi connectivity index (χ0) is 16.5. The predicted octanol–water partition coefficient (Wildman–Crippen LogP) is 2.70. The lowest BCUT2D eigenvalue weighted by atomic mass is 10.1. The summed E-state index contributed by atoms with van der Waals surface area (Å²) in [6.45, 7) is 0.504. The number of hydrogen-bond acceptors (Lipinski definition) is 3. The van der Waals surface area contributed by atoms with Crippen LogP contribution in [0.25, 0.3) is 11.0 Å². The van der Waals surface area contributed by atoms with Crippen LogP contribution in [0.1, 0.15) is 35.7 Å². The van der Waals surface area contributed by atoms with E-state index in [1.807, 2.05) is 24.3 Å². The molecule has 1 aliphatic carbocycles. The Morgan fingerprint density at radius 2 is 2.17 bits per heavy atom. The molecule has 0 aliphatic heterocycles. The number of hydrogen-bond donors (Lipinski definition) is 1. The fourth-order valence-electron chi connectivity index (χ4n) is 3.03. The van der Waals surface area contributed by atoms with Crippen molar-refractivity contribution in [2.75, 3.05) is 0 Å². The highest BCUT2D eigenvalue weighted by atomic mass is 16.1. The van der Waals surface area contributed by atoms with Gasteiger partial charge in [-0.3, -0.25) is 9.78 Å². The molecule has 1 saturated carbocycles. The van der Waals surface area contributed by atoms with Crippen molar-refractivity contribution in [1.82, 2.24) is 19.9 Å². The summed E-state index contributed by atoms with van der Waals surface area (Å²) in [6.07, 6.45) is 6.33. The molecular weight excluding hydrogens is 300 g/mol. The van der Waals surface area contributed by atoms with Gasteiger partial charge in [0.25, 0.3) is 0 Å². The fourth-order valence-corrected chi connectivity index (χ4v) is 3.03. The Morgan fingerprint density at radius 1 is 1.29 bits per heavy atom. The lowest BCUT2D eigenvalue weighted by Crippen LogP contribution is -2.24. The molecule has 4 rings (SSSR count). The third-order valence-corrected chi connectivity index (χ3v) is 4.50. The van der Waals surface area contributed by atoms with Gasteiger partial charge in [-0.05, 0) is 42.2 Å². The molecule has 122 valence electrons. The number of nitrogens with zero attached hydrogens (tertiary/aromatic N) is 3. The van der Waals surface area contributed by atoms with Crippen LogP contribution in [0.4, 0.5) is 0 Å². The molecule has 1 aliphatic rings. The van der Waals surface area contributed by atoms with E-state index in [-0.39, 0.29) is 5.91 Å². The monoisotopic (exact) mass is 320 g/mol. The van der Waals surface area contributed by atoms with E-state index in [4.69, 9.17) is 4.98 Å². The lowest BCUT2D eigenvalue weighted by molar-refractivity contribution is -0.120. The van der Waals surface area contributed by atoms with E-state index in [2.05, 4.69) is 28.0 Å². The molecule has 5 nitrogen and oxygen atoms in total.